The second kappa shape index (κ2) is 8.87. The predicted molar refractivity (Wildman–Crippen MR) is 71.2 cm³/mol. The third kappa shape index (κ3) is 7.12. The first-order chi connectivity index (χ1) is 9.09. The minimum Gasteiger partial charge on any atom is -0.473 e. The summed E-state index contributed by atoms with van der Waals surface area (Å²) < 4.78 is 0. The molecule has 0 saturated carbocycles. The highest BCUT2D eigenvalue weighted by molar-refractivity contribution is 6.27. The van der Waals surface area contributed by atoms with E-state index in [9.17, 15) is 0 Å². The number of aliphatic carboxylic acids is 2. The van der Waals surface area contributed by atoms with E-state index in [0.29, 0.717) is 0 Å². The van der Waals surface area contributed by atoms with Crippen molar-refractivity contribution in [1.82, 2.24) is 10.2 Å². The van der Waals surface area contributed by atoms with Crippen LogP contribution in [-0.4, -0.2) is 59.3 Å². The molecule has 0 aliphatic carbocycles. The summed E-state index contributed by atoms with van der Waals surface area (Å²) in [4.78, 5) is 20.8. The minimum atomic E-state index is -1.82. The zero-order valence-electron chi connectivity index (χ0n) is 11.3. The largest absolute Gasteiger partial charge is 0.473 e. The van der Waals surface area contributed by atoms with Crippen molar-refractivity contribution in [2.75, 3.05) is 26.2 Å². The van der Waals surface area contributed by atoms with Crippen molar-refractivity contribution in [2.24, 2.45) is 0 Å². The molecule has 0 aromatic heterocycles. The Morgan fingerprint density at radius 2 is 1.63 bits per heavy atom. The molecule has 2 saturated heterocycles. The standard InChI is InChI=1S/C11H22N2.C2H2O4/c1-4-8-13(9-5-1)10-11-6-2-3-7-12-11;3-1(4)2(5)6/h11-12H,1-10H2;(H,3,4)(H,5,6). The van der Waals surface area contributed by atoms with Gasteiger partial charge in [0.05, 0.1) is 0 Å². The van der Waals surface area contributed by atoms with Gasteiger partial charge in [-0.1, -0.05) is 12.8 Å². The second-order valence-electron chi connectivity index (χ2n) is 5.12. The lowest BCUT2D eigenvalue weighted by Gasteiger charge is -2.32. The normalized spacial score (nSPS) is 24.1. The predicted octanol–water partition coefficient (Wildman–Crippen LogP) is 0.770. The first-order valence-corrected chi connectivity index (χ1v) is 7.01. The topological polar surface area (TPSA) is 89.9 Å². The Balaban J connectivity index is 0.000000258. The molecule has 19 heavy (non-hydrogen) atoms. The average molecular weight is 272 g/mol. The molecule has 0 aromatic rings. The van der Waals surface area contributed by atoms with Crippen LogP contribution in [0.3, 0.4) is 0 Å². The first kappa shape index (κ1) is 15.9. The fourth-order valence-electron chi connectivity index (χ4n) is 2.53. The molecule has 1 atom stereocenters. The molecule has 0 aromatic carbocycles. The van der Waals surface area contributed by atoms with Gasteiger partial charge in [-0.2, -0.15) is 0 Å². The van der Waals surface area contributed by atoms with Crippen LogP contribution >= 0.6 is 0 Å². The van der Waals surface area contributed by atoms with Crippen molar-refractivity contribution >= 4 is 11.9 Å². The lowest BCUT2D eigenvalue weighted by Crippen LogP contribution is -2.45. The molecule has 1 unspecified atom stereocenters. The summed E-state index contributed by atoms with van der Waals surface area (Å²) in [5.41, 5.74) is 0. The Morgan fingerprint density at radius 3 is 2.11 bits per heavy atom. The third-order valence-corrected chi connectivity index (χ3v) is 3.52. The molecular weight excluding hydrogens is 248 g/mol. The number of carboxylic acid groups (broad SMARTS) is 2. The van der Waals surface area contributed by atoms with E-state index in [0.717, 1.165) is 6.04 Å². The lowest BCUT2D eigenvalue weighted by molar-refractivity contribution is -0.159. The van der Waals surface area contributed by atoms with Gasteiger partial charge in [-0.05, 0) is 45.3 Å². The van der Waals surface area contributed by atoms with E-state index in [2.05, 4.69) is 10.2 Å². The quantitative estimate of drug-likeness (QED) is 0.643. The summed E-state index contributed by atoms with van der Waals surface area (Å²) >= 11 is 0. The van der Waals surface area contributed by atoms with Crippen LogP contribution < -0.4 is 5.32 Å². The smallest absolute Gasteiger partial charge is 0.414 e. The van der Waals surface area contributed by atoms with E-state index < -0.39 is 11.9 Å². The average Bonchev–Trinajstić information content (AvgIpc) is 2.41. The molecule has 110 valence electrons. The number of carboxylic acids is 2. The highest BCUT2D eigenvalue weighted by Crippen LogP contribution is 2.12. The molecule has 3 N–H and O–H groups in total. The molecule has 2 heterocycles. The molecular formula is C13H24N2O4. The van der Waals surface area contributed by atoms with Gasteiger partial charge >= 0.3 is 11.9 Å². The third-order valence-electron chi connectivity index (χ3n) is 3.52. The van der Waals surface area contributed by atoms with Crippen molar-refractivity contribution in [3.05, 3.63) is 0 Å². The maximum Gasteiger partial charge on any atom is 0.414 e. The van der Waals surface area contributed by atoms with Crippen molar-refractivity contribution in [1.29, 1.82) is 0 Å². The summed E-state index contributed by atoms with van der Waals surface area (Å²) in [7, 11) is 0. The fourth-order valence-corrected chi connectivity index (χ4v) is 2.53. The highest BCUT2D eigenvalue weighted by Gasteiger charge is 2.17. The Kier molecular flexibility index (Phi) is 7.43. The van der Waals surface area contributed by atoms with Crippen molar-refractivity contribution in [3.63, 3.8) is 0 Å². The van der Waals surface area contributed by atoms with Gasteiger partial charge in [-0.3, -0.25) is 0 Å². The Bertz CT molecular complexity index is 256. The molecule has 0 spiro atoms. The number of likely N-dealkylation sites (tertiary alicyclic amines) is 1. The van der Waals surface area contributed by atoms with Gasteiger partial charge in [0.1, 0.15) is 0 Å². The Labute approximate surface area is 113 Å². The molecule has 2 rings (SSSR count). The zero-order chi connectivity index (χ0) is 14.1. The molecule has 2 fully saturated rings. The van der Waals surface area contributed by atoms with E-state index >= 15 is 0 Å². The summed E-state index contributed by atoms with van der Waals surface area (Å²) in [6, 6.07) is 0.798. The number of piperidine rings is 2. The number of nitrogens with zero attached hydrogens (tertiary/aromatic N) is 1. The Hall–Kier alpha value is -1.14. The number of rotatable bonds is 2. The number of hydrogen-bond donors (Lipinski definition) is 3. The molecule has 6 heteroatoms. The second-order valence-corrected chi connectivity index (χ2v) is 5.12. The van der Waals surface area contributed by atoms with Gasteiger partial charge in [0, 0.05) is 12.6 Å². The van der Waals surface area contributed by atoms with Crippen LogP contribution in [0.2, 0.25) is 0 Å². The number of nitrogens with one attached hydrogen (secondary N) is 1. The van der Waals surface area contributed by atoms with Crippen LogP contribution in [0.5, 0.6) is 0 Å². The summed E-state index contributed by atoms with van der Waals surface area (Å²) in [5, 5.41) is 18.4. The van der Waals surface area contributed by atoms with Crippen LogP contribution in [0.1, 0.15) is 38.5 Å². The van der Waals surface area contributed by atoms with Gasteiger partial charge in [-0.25, -0.2) is 9.59 Å². The van der Waals surface area contributed by atoms with Crippen molar-refractivity contribution in [2.45, 2.75) is 44.6 Å². The first-order valence-electron chi connectivity index (χ1n) is 7.01. The van der Waals surface area contributed by atoms with E-state index in [1.165, 1.54) is 64.7 Å². The van der Waals surface area contributed by atoms with Gasteiger partial charge in [0.25, 0.3) is 0 Å². The van der Waals surface area contributed by atoms with Crippen LogP contribution in [0.4, 0.5) is 0 Å². The van der Waals surface area contributed by atoms with Gasteiger partial charge in [-0.15, -0.1) is 0 Å². The van der Waals surface area contributed by atoms with E-state index in [4.69, 9.17) is 19.8 Å². The molecule has 0 radical (unpaired) electrons. The number of carbonyl (C=O) groups is 2. The maximum atomic E-state index is 9.10. The van der Waals surface area contributed by atoms with E-state index in [-0.39, 0.29) is 0 Å². The van der Waals surface area contributed by atoms with Gasteiger partial charge in [0.15, 0.2) is 0 Å². The lowest BCUT2D eigenvalue weighted by atomic mass is 10.0. The van der Waals surface area contributed by atoms with Gasteiger partial charge < -0.3 is 20.4 Å². The van der Waals surface area contributed by atoms with E-state index in [1.54, 1.807) is 0 Å². The van der Waals surface area contributed by atoms with Crippen LogP contribution in [0.25, 0.3) is 0 Å². The van der Waals surface area contributed by atoms with Crippen LogP contribution in [0.15, 0.2) is 0 Å². The highest BCUT2D eigenvalue weighted by atomic mass is 16.4. The summed E-state index contributed by atoms with van der Waals surface area (Å²) in [6.07, 6.45) is 8.52. The van der Waals surface area contributed by atoms with E-state index in [1.807, 2.05) is 0 Å². The fraction of sp³-hybridized carbons (Fsp3) is 0.846. The number of hydrogen-bond acceptors (Lipinski definition) is 4. The molecule has 6 nitrogen and oxygen atoms in total. The molecule has 2 aliphatic heterocycles. The molecule has 0 amide bonds. The van der Waals surface area contributed by atoms with Crippen LogP contribution in [0, 0.1) is 0 Å². The zero-order valence-corrected chi connectivity index (χ0v) is 11.3. The molecule has 0 bridgehead atoms. The van der Waals surface area contributed by atoms with Crippen LogP contribution in [-0.2, 0) is 9.59 Å². The maximum absolute atomic E-state index is 9.10. The monoisotopic (exact) mass is 272 g/mol. The minimum absolute atomic E-state index is 0.798. The summed E-state index contributed by atoms with van der Waals surface area (Å²) in [6.45, 7) is 5.24. The Morgan fingerprint density at radius 1 is 1.00 bits per heavy atom. The SMILES string of the molecule is C1CCN(CC2CCCCN2)CC1.O=C(O)C(=O)O. The van der Waals surface area contributed by atoms with Crippen molar-refractivity contribution < 1.29 is 19.8 Å². The van der Waals surface area contributed by atoms with Gasteiger partial charge in [0.2, 0.25) is 0 Å². The molecule has 2 aliphatic rings. The summed E-state index contributed by atoms with van der Waals surface area (Å²) in [5.74, 6) is -3.65. The van der Waals surface area contributed by atoms with Crippen molar-refractivity contribution in [3.8, 4) is 0 Å².